The van der Waals surface area contributed by atoms with Crippen molar-refractivity contribution in [2.24, 2.45) is 5.92 Å². The van der Waals surface area contributed by atoms with Gasteiger partial charge in [-0.1, -0.05) is 6.92 Å². The summed E-state index contributed by atoms with van der Waals surface area (Å²) >= 11 is 0. The Bertz CT molecular complexity index is 301. The molecule has 6 heteroatoms. The van der Waals surface area contributed by atoms with E-state index in [0.717, 1.165) is 12.8 Å². The van der Waals surface area contributed by atoms with Gasteiger partial charge >= 0.3 is 5.97 Å². The summed E-state index contributed by atoms with van der Waals surface area (Å²) in [5.41, 5.74) is 0. The summed E-state index contributed by atoms with van der Waals surface area (Å²) in [4.78, 5) is 21.8. The molecule has 2 atom stereocenters. The van der Waals surface area contributed by atoms with Crippen molar-refractivity contribution in [2.45, 2.75) is 32.2 Å². The molecule has 1 fully saturated rings. The van der Waals surface area contributed by atoms with Crippen LogP contribution in [0.5, 0.6) is 0 Å². The minimum Gasteiger partial charge on any atom is -0.481 e. The molecule has 0 heterocycles. The molecule has 92 valence electrons. The van der Waals surface area contributed by atoms with Gasteiger partial charge in [-0.3, -0.25) is 13.8 Å². The lowest BCUT2D eigenvalue weighted by Crippen LogP contribution is -2.27. The Morgan fingerprint density at radius 2 is 2.12 bits per heavy atom. The summed E-state index contributed by atoms with van der Waals surface area (Å²) in [7, 11) is -1.23. The first-order valence-corrected chi connectivity index (χ1v) is 6.85. The highest BCUT2D eigenvalue weighted by atomic mass is 32.2. The fourth-order valence-corrected chi connectivity index (χ4v) is 2.45. The van der Waals surface area contributed by atoms with E-state index >= 15 is 0 Å². The van der Waals surface area contributed by atoms with Crippen molar-refractivity contribution in [3.63, 3.8) is 0 Å². The smallest absolute Gasteiger partial charge is 0.307 e. The topological polar surface area (TPSA) is 83.5 Å². The summed E-state index contributed by atoms with van der Waals surface area (Å²) in [5, 5.41) is 11.4. The number of hydrogen-bond acceptors (Lipinski definition) is 3. The van der Waals surface area contributed by atoms with Crippen molar-refractivity contribution in [1.29, 1.82) is 0 Å². The molecule has 1 amide bonds. The van der Waals surface area contributed by atoms with Gasteiger partial charge in [0.1, 0.15) is 0 Å². The second kappa shape index (κ2) is 5.98. The van der Waals surface area contributed by atoms with Crippen LogP contribution in [0.1, 0.15) is 26.2 Å². The van der Waals surface area contributed by atoms with Crippen LogP contribution < -0.4 is 5.32 Å². The molecule has 0 spiro atoms. The van der Waals surface area contributed by atoms with E-state index in [0.29, 0.717) is 6.04 Å². The van der Waals surface area contributed by atoms with Crippen LogP contribution >= 0.6 is 0 Å². The molecule has 0 saturated heterocycles. The number of amides is 1. The number of hydrogen-bond donors (Lipinski definition) is 2. The van der Waals surface area contributed by atoms with Crippen molar-refractivity contribution in [2.75, 3.05) is 11.5 Å². The van der Waals surface area contributed by atoms with Crippen LogP contribution in [0.3, 0.4) is 0 Å². The van der Waals surface area contributed by atoms with E-state index in [2.05, 4.69) is 5.32 Å². The number of carbonyl (C=O) groups excluding carboxylic acids is 1. The standard InChI is InChI=1S/C10H17NO4S/c1-7(10(13)14)6-16(15)5-4-9(12)11-8-2-3-8/h7-8H,2-6H2,1H3,(H,11,12)(H,13,14). The quantitative estimate of drug-likeness (QED) is 0.669. The van der Waals surface area contributed by atoms with Crippen LogP contribution in [0.15, 0.2) is 0 Å². The van der Waals surface area contributed by atoms with Gasteiger partial charge in [0.25, 0.3) is 0 Å². The molecule has 0 aliphatic heterocycles. The Balaban J connectivity index is 2.13. The van der Waals surface area contributed by atoms with Gasteiger partial charge in [0.05, 0.1) is 5.92 Å². The molecule has 1 aliphatic rings. The number of aliphatic carboxylic acids is 1. The van der Waals surface area contributed by atoms with Crippen LogP contribution in [0.4, 0.5) is 0 Å². The van der Waals surface area contributed by atoms with E-state index < -0.39 is 22.7 Å². The summed E-state index contributed by atoms with van der Waals surface area (Å²) < 4.78 is 11.4. The Labute approximate surface area is 97.1 Å². The maximum absolute atomic E-state index is 11.4. The Morgan fingerprint density at radius 1 is 1.50 bits per heavy atom. The molecule has 16 heavy (non-hydrogen) atoms. The maximum atomic E-state index is 11.4. The molecule has 0 aromatic rings. The molecule has 5 nitrogen and oxygen atoms in total. The zero-order valence-corrected chi connectivity index (χ0v) is 10.1. The van der Waals surface area contributed by atoms with Crippen LogP contribution in [-0.2, 0) is 20.4 Å². The molecule has 1 rings (SSSR count). The molecule has 2 N–H and O–H groups in total. The number of carboxylic acid groups (broad SMARTS) is 1. The first kappa shape index (κ1) is 13.2. The lowest BCUT2D eigenvalue weighted by molar-refractivity contribution is -0.140. The summed E-state index contributed by atoms with van der Waals surface area (Å²) in [6.45, 7) is 1.52. The third kappa shape index (κ3) is 5.25. The Morgan fingerprint density at radius 3 is 2.62 bits per heavy atom. The minimum absolute atomic E-state index is 0.0844. The van der Waals surface area contributed by atoms with Crippen LogP contribution in [0.2, 0.25) is 0 Å². The van der Waals surface area contributed by atoms with Crippen molar-refractivity contribution in [3.8, 4) is 0 Å². The van der Waals surface area contributed by atoms with Gasteiger partial charge in [-0.25, -0.2) is 0 Å². The van der Waals surface area contributed by atoms with Crippen LogP contribution in [0.25, 0.3) is 0 Å². The molecule has 1 saturated carbocycles. The van der Waals surface area contributed by atoms with Crippen molar-refractivity contribution < 1.29 is 18.9 Å². The second-order valence-corrected chi connectivity index (χ2v) is 5.76. The SMILES string of the molecule is CC(CS(=O)CCC(=O)NC1CC1)C(=O)O. The first-order valence-electron chi connectivity index (χ1n) is 5.36. The summed E-state index contributed by atoms with van der Waals surface area (Å²) in [6.07, 6.45) is 2.28. The lowest BCUT2D eigenvalue weighted by Gasteiger charge is -2.06. The highest BCUT2D eigenvalue weighted by molar-refractivity contribution is 7.85. The minimum atomic E-state index is -1.23. The highest BCUT2D eigenvalue weighted by Gasteiger charge is 2.23. The predicted molar refractivity (Wildman–Crippen MR) is 60.5 cm³/mol. The maximum Gasteiger partial charge on any atom is 0.307 e. The van der Waals surface area contributed by atoms with E-state index in [9.17, 15) is 13.8 Å². The third-order valence-corrected chi connectivity index (χ3v) is 3.89. The van der Waals surface area contributed by atoms with Gasteiger partial charge in [-0.2, -0.15) is 0 Å². The average Bonchev–Trinajstić information content (AvgIpc) is 2.98. The molecule has 0 aromatic carbocycles. The zero-order chi connectivity index (χ0) is 12.1. The average molecular weight is 247 g/mol. The molecule has 0 bridgehead atoms. The van der Waals surface area contributed by atoms with E-state index in [4.69, 9.17) is 5.11 Å². The van der Waals surface area contributed by atoms with Gasteiger partial charge < -0.3 is 10.4 Å². The molecule has 0 radical (unpaired) electrons. The normalized spacial score (nSPS) is 18.8. The van der Waals surface area contributed by atoms with Gasteiger partial charge in [0.2, 0.25) is 5.91 Å². The molecule has 2 unspecified atom stereocenters. The summed E-state index contributed by atoms with van der Waals surface area (Å²) in [6, 6.07) is 0.318. The van der Waals surface area contributed by atoms with Crippen molar-refractivity contribution in [3.05, 3.63) is 0 Å². The van der Waals surface area contributed by atoms with Crippen molar-refractivity contribution >= 4 is 22.7 Å². The van der Waals surface area contributed by atoms with E-state index in [1.807, 2.05) is 0 Å². The van der Waals surface area contributed by atoms with Crippen molar-refractivity contribution in [1.82, 2.24) is 5.32 Å². The zero-order valence-electron chi connectivity index (χ0n) is 9.27. The van der Waals surface area contributed by atoms with Crippen LogP contribution in [-0.4, -0.2) is 38.7 Å². The second-order valence-electron chi connectivity index (χ2n) is 4.14. The lowest BCUT2D eigenvalue weighted by atomic mass is 10.2. The van der Waals surface area contributed by atoms with Gasteiger partial charge in [-0.05, 0) is 12.8 Å². The van der Waals surface area contributed by atoms with Gasteiger partial charge in [0, 0.05) is 34.8 Å². The fourth-order valence-electron chi connectivity index (χ4n) is 1.17. The Kier molecular flexibility index (Phi) is 4.92. The molecule has 0 aromatic heterocycles. The number of carboxylic acids is 1. The predicted octanol–water partition coefficient (Wildman–Crippen LogP) is 0.124. The largest absolute Gasteiger partial charge is 0.481 e. The van der Waals surface area contributed by atoms with Gasteiger partial charge in [-0.15, -0.1) is 0 Å². The molecule has 1 aliphatic carbocycles. The number of nitrogens with one attached hydrogen (secondary N) is 1. The highest BCUT2D eigenvalue weighted by Crippen LogP contribution is 2.18. The summed E-state index contributed by atoms with van der Waals surface area (Å²) in [5.74, 6) is -1.29. The van der Waals surface area contributed by atoms with Crippen LogP contribution in [0, 0.1) is 5.92 Å². The monoisotopic (exact) mass is 247 g/mol. The Hall–Kier alpha value is -0.910. The number of rotatable bonds is 7. The molecular weight excluding hydrogens is 230 g/mol. The van der Waals surface area contributed by atoms with Gasteiger partial charge in [0.15, 0.2) is 0 Å². The fraction of sp³-hybridized carbons (Fsp3) is 0.800. The van der Waals surface area contributed by atoms with E-state index in [1.54, 1.807) is 0 Å². The van der Waals surface area contributed by atoms with E-state index in [-0.39, 0.29) is 23.8 Å². The van der Waals surface area contributed by atoms with E-state index in [1.165, 1.54) is 6.92 Å². The first-order chi connectivity index (χ1) is 7.49. The molecular formula is C10H17NO4S. The third-order valence-electron chi connectivity index (χ3n) is 2.36. The number of carbonyl (C=O) groups is 2.